The van der Waals surface area contributed by atoms with Crippen molar-refractivity contribution in [3.63, 3.8) is 0 Å². The average molecular weight is 209 g/mol. The average Bonchev–Trinajstić information content (AvgIpc) is 2.26. The van der Waals surface area contributed by atoms with Crippen LogP contribution >= 0.6 is 0 Å². The van der Waals surface area contributed by atoms with Gasteiger partial charge in [-0.25, -0.2) is 0 Å². The number of unbranched alkanes of at least 4 members (excludes halogenated alkanes) is 7. The molecule has 1 unspecified atom stereocenters. The summed E-state index contributed by atoms with van der Waals surface area (Å²) in [6.07, 6.45) is 15.4. The third kappa shape index (κ3) is 11.7. The van der Waals surface area contributed by atoms with Gasteiger partial charge in [0.15, 0.2) is 0 Å². The van der Waals surface area contributed by atoms with Crippen molar-refractivity contribution >= 4 is 0 Å². The van der Waals surface area contributed by atoms with E-state index in [0.717, 1.165) is 12.3 Å². The Bertz CT molecular complexity index is 126. The summed E-state index contributed by atoms with van der Waals surface area (Å²) >= 11 is 0. The lowest BCUT2D eigenvalue weighted by atomic mass is 10.00. The van der Waals surface area contributed by atoms with Gasteiger partial charge in [-0.05, 0) is 18.8 Å². The summed E-state index contributed by atoms with van der Waals surface area (Å²) in [6, 6.07) is 0. The zero-order chi connectivity index (χ0) is 11.4. The molecular formula is C15H29. The van der Waals surface area contributed by atoms with Crippen LogP contribution in [-0.4, -0.2) is 0 Å². The largest absolute Gasteiger partial charge is 0.0845 e. The Morgan fingerprint density at radius 1 is 0.933 bits per heavy atom. The van der Waals surface area contributed by atoms with Crippen molar-refractivity contribution in [2.45, 2.75) is 78.1 Å². The van der Waals surface area contributed by atoms with Gasteiger partial charge in [-0.1, -0.05) is 77.9 Å². The highest BCUT2D eigenvalue weighted by Crippen LogP contribution is 2.14. The van der Waals surface area contributed by atoms with E-state index in [9.17, 15) is 0 Å². The highest BCUT2D eigenvalue weighted by atomic mass is 14.0. The minimum absolute atomic E-state index is 0.935. The van der Waals surface area contributed by atoms with Crippen molar-refractivity contribution in [1.82, 2.24) is 0 Å². The molecule has 0 saturated carbocycles. The van der Waals surface area contributed by atoms with Crippen molar-refractivity contribution in [3.8, 4) is 0 Å². The molecule has 1 atom stereocenters. The van der Waals surface area contributed by atoms with Gasteiger partial charge in [0.2, 0.25) is 0 Å². The third-order valence-electron chi connectivity index (χ3n) is 3.26. The van der Waals surface area contributed by atoms with Gasteiger partial charge in [0.05, 0.1) is 0 Å². The molecule has 0 N–H and O–H groups in total. The first-order chi connectivity index (χ1) is 7.31. The van der Waals surface area contributed by atoms with E-state index in [0.29, 0.717) is 0 Å². The molecule has 0 heterocycles. The van der Waals surface area contributed by atoms with Crippen molar-refractivity contribution in [2.24, 2.45) is 5.92 Å². The lowest BCUT2D eigenvalue weighted by Crippen LogP contribution is -1.91. The molecule has 0 aliphatic rings. The Hall–Kier alpha value is -0.260. The van der Waals surface area contributed by atoms with Crippen molar-refractivity contribution < 1.29 is 0 Å². The third-order valence-corrected chi connectivity index (χ3v) is 3.26. The van der Waals surface area contributed by atoms with Crippen LogP contribution in [0.1, 0.15) is 78.1 Å². The van der Waals surface area contributed by atoms with Gasteiger partial charge < -0.3 is 0 Å². The minimum Gasteiger partial charge on any atom is -0.0845 e. The van der Waals surface area contributed by atoms with E-state index >= 15 is 0 Å². The maximum Gasteiger partial charge on any atom is -0.0348 e. The Labute approximate surface area is 97.2 Å². The van der Waals surface area contributed by atoms with Crippen LogP contribution in [-0.2, 0) is 0 Å². The molecule has 89 valence electrons. The number of hydrogen-bond donors (Lipinski definition) is 0. The molecule has 0 bridgehead atoms. The molecule has 0 aliphatic heterocycles. The van der Waals surface area contributed by atoms with Gasteiger partial charge in [0.25, 0.3) is 0 Å². The zero-order valence-corrected chi connectivity index (χ0v) is 10.8. The summed E-state index contributed by atoms with van der Waals surface area (Å²) in [7, 11) is 0. The smallest absolute Gasteiger partial charge is 0.0348 e. The maximum absolute atomic E-state index is 5.33. The highest BCUT2D eigenvalue weighted by Gasteiger charge is 1.97. The highest BCUT2D eigenvalue weighted by molar-refractivity contribution is 4.61. The second-order valence-corrected chi connectivity index (χ2v) is 4.80. The van der Waals surface area contributed by atoms with Gasteiger partial charge in [-0.15, -0.1) is 0 Å². The van der Waals surface area contributed by atoms with E-state index in [1.165, 1.54) is 57.8 Å². The molecule has 1 radical (unpaired) electrons. The van der Waals surface area contributed by atoms with E-state index in [-0.39, 0.29) is 0 Å². The van der Waals surface area contributed by atoms with Gasteiger partial charge in [-0.2, -0.15) is 0 Å². The number of hydrogen-bond acceptors (Lipinski definition) is 0. The lowest BCUT2D eigenvalue weighted by Gasteiger charge is -2.07. The first-order valence-electron chi connectivity index (χ1n) is 6.84. The van der Waals surface area contributed by atoms with E-state index in [2.05, 4.69) is 13.8 Å². The van der Waals surface area contributed by atoms with Crippen LogP contribution in [0.25, 0.3) is 0 Å². The summed E-state index contributed by atoms with van der Waals surface area (Å²) in [5.41, 5.74) is 0. The van der Waals surface area contributed by atoms with E-state index in [4.69, 9.17) is 6.58 Å². The van der Waals surface area contributed by atoms with Crippen LogP contribution in [0.3, 0.4) is 0 Å². The molecule has 0 heteroatoms. The Morgan fingerprint density at radius 3 is 2.00 bits per heavy atom. The maximum atomic E-state index is 5.33. The Balaban J connectivity index is 2.95. The molecule has 0 saturated heterocycles. The molecule has 0 rings (SSSR count). The van der Waals surface area contributed by atoms with Crippen LogP contribution in [0.2, 0.25) is 0 Å². The summed E-state index contributed by atoms with van der Waals surface area (Å²) in [5.74, 6) is 0.935. The van der Waals surface area contributed by atoms with Gasteiger partial charge in [-0.3, -0.25) is 0 Å². The van der Waals surface area contributed by atoms with E-state index in [1.54, 1.807) is 6.08 Å². The van der Waals surface area contributed by atoms with Gasteiger partial charge >= 0.3 is 0 Å². The predicted molar refractivity (Wildman–Crippen MR) is 69.9 cm³/mol. The van der Waals surface area contributed by atoms with Crippen molar-refractivity contribution in [2.75, 3.05) is 0 Å². The SMILES string of the molecule is [CH]=CCCCCCCCCCC(C)CC. The molecule has 0 amide bonds. The van der Waals surface area contributed by atoms with E-state index in [1.807, 2.05) is 0 Å². The Morgan fingerprint density at radius 2 is 1.47 bits per heavy atom. The molecule has 15 heavy (non-hydrogen) atoms. The fraction of sp³-hybridized carbons (Fsp3) is 0.867. The topological polar surface area (TPSA) is 0 Å². The van der Waals surface area contributed by atoms with Crippen LogP contribution in [0.5, 0.6) is 0 Å². The molecular weight excluding hydrogens is 180 g/mol. The van der Waals surface area contributed by atoms with E-state index < -0.39 is 0 Å². The van der Waals surface area contributed by atoms with Crippen molar-refractivity contribution in [3.05, 3.63) is 12.7 Å². The first kappa shape index (κ1) is 14.7. The van der Waals surface area contributed by atoms with Crippen LogP contribution < -0.4 is 0 Å². The second-order valence-electron chi connectivity index (χ2n) is 4.80. The molecule has 0 aromatic rings. The first-order valence-corrected chi connectivity index (χ1v) is 6.84. The zero-order valence-electron chi connectivity index (χ0n) is 10.8. The van der Waals surface area contributed by atoms with Crippen LogP contribution in [0.15, 0.2) is 6.08 Å². The Kier molecular flexibility index (Phi) is 11.6. The van der Waals surface area contributed by atoms with Crippen LogP contribution in [0, 0.1) is 12.5 Å². The lowest BCUT2D eigenvalue weighted by molar-refractivity contribution is 0.470. The van der Waals surface area contributed by atoms with Gasteiger partial charge in [0, 0.05) is 0 Å². The molecule has 0 nitrogen and oxygen atoms in total. The van der Waals surface area contributed by atoms with Crippen LogP contribution in [0.4, 0.5) is 0 Å². The number of allylic oxidation sites excluding steroid dienone is 1. The fourth-order valence-corrected chi connectivity index (χ4v) is 1.84. The summed E-state index contributed by atoms with van der Waals surface area (Å²) in [6.45, 7) is 9.98. The summed E-state index contributed by atoms with van der Waals surface area (Å²) in [5, 5.41) is 0. The molecule has 0 aromatic heterocycles. The van der Waals surface area contributed by atoms with Gasteiger partial charge in [0.1, 0.15) is 0 Å². The second kappa shape index (κ2) is 11.8. The molecule has 0 aromatic carbocycles. The quantitative estimate of drug-likeness (QED) is 0.392. The predicted octanol–water partition coefficient (Wildman–Crippen LogP) is 5.53. The van der Waals surface area contributed by atoms with Crippen molar-refractivity contribution in [1.29, 1.82) is 0 Å². The molecule has 0 fully saturated rings. The minimum atomic E-state index is 0.935. The monoisotopic (exact) mass is 209 g/mol. The summed E-state index contributed by atoms with van der Waals surface area (Å²) in [4.78, 5) is 0. The normalized spacial score (nSPS) is 12.7. The summed E-state index contributed by atoms with van der Waals surface area (Å²) < 4.78 is 0. The molecule has 0 aliphatic carbocycles. The standard InChI is InChI=1S/C15H29/c1-4-6-7-8-9-10-11-12-13-14-15(3)5-2/h1,4,15H,5-14H2,2-3H3. The number of rotatable bonds is 11. The molecule has 0 spiro atoms. The fourth-order valence-electron chi connectivity index (χ4n) is 1.84.